The maximum atomic E-state index is 12.4. The van der Waals surface area contributed by atoms with Gasteiger partial charge in [-0.2, -0.15) is 0 Å². The Balaban J connectivity index is 4.87. The highest BCUT2D eigenvalue weighted by Crippen LogP contribution is 2.25. The highest BCUT2D eigenvalue weighted by atomic mass is 16.4. The Hall–Kier alpha value is -1.10. The molecule has 5 nitrogen and oxygen atoms in total. The van der Waals surface area contributed by atoms with Crippen molar-refractivity contribution in [2.45, 2.75) is 41.0 Å². The fourth-order valence-corrected chi connectivity index (χ4v) is 2.11. The highest BCUT2D eigenvalue weighted by molar-refractivity contribution is 5.83. The molecule has 0 heterocycles. The Labute approximate surface area is 116 Å². The number of carbonyl (C=O) groups is 2. The first-order valence-corrected chi connectivity index (χ1v) is 6.77. The molecular formula is C14H28N2O3. The topological polar surface area (TPSA) is 83.6 Å². The van der Waals surface area contributed by atoms with Crippen LogP contribution < -0.4 is 5.73 Å². The van der Waals surface area contributed by atoms with Crippen LogP contribution in [-0.2, 0) is 9.59 Å². The summed E-state index contributed by atoms with van der Waals surface area (Å²) in [7, 11) is 0. The van der Waals surface area contributed by atoms with Crippen molar-refractivity contribution in [1.82, 2.24) is 4.90 Å². The number of hydrogen-bond acceptors (Lipinski definition) is 3. The van der Waals surface area contributed by atoms with Crippen LogP contribution in [0.25, 0.3) is 0 Å². The lowest BCUT2D eigenvalue weighted by molar-refractivity contribution is -0.147. The molecule has 0 spiro atoms. The second-order valence-electron chi connectivity index (χ2n) is 6.70. The van der Waals surface area contributed by atoms with E-state index in [4.69, 9.17) is 10.8 Å². The first-order valence-electron chi connectivity index (χ1n) is 6.77. The number of nitrogens with two attached hydrogens (primary N) is 1. The third kappa shape index (κ3) is 7.82. The molecule has 1 unspecified atom stereocenters. The molecule has 1 atom stereocenters. The van der Waals surface area contributed by atoms with E-state index in [0.717, 1.165) is 0 Å². The van der Waals surface area contributed by atoms with E-state index in [1.165, 1.54) is 4.90 Å². The number of carboxylic acids is 1. The minimum absolute atomic E-state index is 0.00752. The average molecular weight is 272 g/mol. The van der Waals surface area contributed by atoms with Crippen molar-refractivity contribution in [3.8, 4) is 0 Å². The molecule has 3 N–H and O–H groups in total. The summed E-state index contributed by atoms with van der Waals surface area (Å²) in [5.41, 5.74) is 5.68. The lowest BCUT2D eigenvalue weighted by Gasteiger charge is -2.30. The molecule has 0 aliphatic heterocycles. The van der Waals surface area contributed by atoms with E-state index in [0.29, 0.717) is 13.0 Å². The Bertz CT molecular complexity index is 308. The van der Waals surface area contributed by atoms with Gasteiger partial charge in [0.15, 0.2) is 0 Å². The molecule has 0 radical (unpaired) electrons. The van der Waals surface area contributed by atoms with E-state index in [9.17, 15) is 9.59 Å². The van der Waals surface area contributed by atoms with Gasteiger partial charge in [0.2, 0.25) is 5.91 Å². The Morgan fingerprint density at radius 3 is 2.11 bits per heavy atom. The smallest absolute Gasteiger partial charge is 0.323 e. The molecular weight excluding hydrogens is 244 g/mol. The van der Waals surface area contributed by atoms with Gasteiger partial charge in [0.25, 0.3) is 0 Å². The van der Waals surface area contributed by atoms with Crippen molar-refractivity contribution in [2.24, 2.45) is 23.0 Å². The van der Waals surface area contributed by atoms with Gasteiger partial charge in [0.05, 0.1) is 5.92 Å². The summed E-state index contributed by atoms with van der Waals surface area (Å²) >= 11 is 0. The van der Waals surface area contributed by atoms with E-state index >= 15 is 0 Å². The SMILES string of the molecule is CC(C)CN(CC(=O)O)C(=O)C(CN)CC(C)(C)C. The van der Waals surface area contributed by atoms with Gasteiger partial charge in [-0.1, -0.05) is 34.6 Å². The van der Waals surface area contributed by atoms with Gasteiger partial charge in [-0.3, -0.25) is 9.59 Å². The van der Waals surface area contributed by atoms with Gasteiger partial charge in [-0.05, 0) is 17.8 Å². The zero-order valence-corrected chi connectivity index (χ0v) is 12.8. The van der Waals surface area contributed by atoms with Gasteiger partial charge in [0.1, 0.15) is 6.54 Å². The van der Waals surface area contributed by atoms with Crippen LogP contribution in [0, 0.1) is 17.3 Å². The van der Waals surface area contributed by atoms with Crippen molar-refractivity contribution in [3.63, 3.8) is 0 Å². The lowest BCUT2D eigenvalue weighted by atomic mass is 9.84. The van der Waals surface area contributed by atoms with Crippen molar-refractivity contribution >= 4 is 11.9 Å². The number of rotatable bonds is 7. The molecule has 19 heavy (non-hydrogen) atoms. The number of amides is 1. The number of carboxylic acid groups (broad SMARTS) is 1. The Morgan fingerprint density at radius 1 is 1.26 bits per heavy atom. The molecule has 0 bridgehead atoms. The molecule has 0 aromatic rings. The van der Waals surface area contributed by atoms with Gasteiger partial charge in [-0.25, -0.2) is 0 Å². The quantitative estimate of drug-likeness (QED) is 0.737. The van der Waals surface area contributed by atoms with Crippen molar-refractivity contribution in [3.05, 3.63) is 0 Å². The summed E-state index contributed by atoms with van der Waals surface area (Å²) in [6.45, 7) is 10.5. The van der Waals surface area contributed by atoms with Gasteiger partial charge < -0.3 is 15.7 Å². The summed E-state index contributed by atoms with van der Waals surface area (Å²) in [6.07, 6.45) is 0.663. The highest BCUT2D eigenvalue weighted by Gasteiger charge is 2.28. The van der Waals surface area contributed by atoms with E-state index in [1.807, 2.05) is 34.6 Å². The van der Waals surface area contributed by atoms with E-state index in [-0.39, 0.29) is 36.2 Å². The predicted octanol–water partition coefficient (Wildman–Crippen LogP) is 1.57. The average Bonchev–Trinajstić information content (AvgIpc) is 2.21. The third-order valence-corrected chi connectivity index (χ3v) is 2.72. The van der Waals surface area contributed by atoms with Gasteiger partial charge in [0, 0.05) is 13.1 Å². The number of hydrogen-bond donors (Lipinski definition) is 2. The minimum atomic E-state index is -0.986. The second kappa shape index (κ2) is 7.48. The monoisotopic (exact) mass is 272 g/mol. The van der Waals surface area contributed by atoms with Gasteiger partial charge in [-0.15, -0.1) is 0 Å². The van der Waals surface area contributed by atoms with Crippen LogP contribution in [-0.4, -0.2) is 41.5 Å². The number of nitrogens with zero attached hydrogens (tertiary/aromatic N) is 1. The molecule has 0 fully saturated rings. The molecule has 5 heteroatoms. The molecule has 0 rings (SSSR count). The van der Waals surface area contributed by atoms with E-state index in [2.05, 4.69) is 0 Å². The Morgan fingerprint density at radius 2 is 1.79 bits per heavy atom. The van der Waals surface area contributed by atoms with Crippen LogP contribution in [0.15, 0.2) is 0 Å². The summed E-state index contributed by atoms with van der Waals surface area (Å²) in [4.78, 5) is 24.7. The molecule has 0 aliphatic carbocycles. The van der Waals surface area contributed by atoms with Crippen LogP contribution in [0.3, 0.4) is 0 Å². The zero-order chi connectivity index (χ0) is 15.2. The maximum absolute atomic E-state index is 12.4. The van der Waals surface area contributed by atoms with Crippen molar-refractivity contribution in [2.75, 3.05) is 19.6 Å². The molecule has 0 saturated carbocycles. The third-order valence-electron chi connectivity index (χ3n) is 2.72. The first kappa shape index (κ1) is 17.9. The summed E-state index contributed by atoms with van der Waals surface area (Å²) in [6, 6.07) is 0. The molecule has 0 aliphatic rings. The number of carbonyl (C=O) groups excluding carboxylic acids is 1. The van der Waals surface area contributed by atoms with Gasteiger partial charge >= 0.3 is 5.97 Å². The van der Waals surface area contributed by atoms with Crippen LogP contribution in [0.1, 0.15) is 41.0 Å². The van der Waals surface area contributed by atoms with E-state index < -0.39 is 5.97 Å². The normalized spacial score (nSPS) is 13.4. The van der Waals surface area contributed by atoms with Crippen LogP contribution in [0.4, 0.5) is 0 Å². The first-order chi connectivity index (χ1) is 8.56. The summed E-state index contributed by atoms with van der Waals surface area (Å²) < 4.78 is 0. The maximum Gasteiger partial charge on any atom is 0.323 e. The van der Waals surface area contributed by atoms with E-state index in [1.54, 1.807) is 0 Å². The summed E-state index contributed by atoms with van der Waals surface area (Å²) in [5.74, 6) is -1.21. The standard InChI is InChI=1S/C14H28N2O3/c1-10(2)8-16(9-12(17)18)13(19)11(7-15)6-14(3,4)5/h10-11H,6-9,15H2,1-5H3,(H,17,18). The van der Waals surface area contributed by atoms with Crippen molar-refractivity contribution in [1.29, 1.82) is 0 Å². The van der Waals surface area contributed by atoms with Crippen LogP contribution >= 0.6 is 0 Å². The fraction of sp³-hybridized carbons (Fsp3) is 0.857. The number of aliphatic carboxylic acids is 1. The molecule has 1 amide bonds. The molecule has 0 aromatic heterocycles. The van der Waals surface area contributed by atoms with Crippen LogP contribution in [0.5, 0.6) is 0 Å². The fourth-order valence-electron chi connectivity index (χ4n) is 2.11. The Kier molecular flexibility index (Phi) is 7.05. The zero-order valence-electron chi connectivity index (χ0n) is 12.8. The molecule has 0 aromatic carbocycles. The molecule has 0 saturated heterocycles. The van der Waals surface area contributed by atoms with Crippen LogP contribution in [0.2, 0.25) is 0 Å². The largest absolute Gasteiger partial charge is 0.480 e. The summed E-state index contributed by atoms with van der Waals surface area (Å²) in [5, 5.41) is 8.91. The van der Waals surface area contributed by atoms with Crippen molar-refractivity contribution < 1.29 is 14.7 Å². The molecule has 112 valence electrons. The minimum Gasteiger partial charge on any atom is -0.480 e. The predicted molar refractivity (Wildman–Crippen MR) is 75.7 cm³/mol. The lowest BCUT2D eigenvalue weighted by Crippen LogP contribution is -2.44. The second-order valence-corrected chi connectivity index (χ2v) is 6.70.